The summed E-state index contributed by atoms with van der Waals surface area (Å²) in [6.45, 7) is 0.472. The van der Waals surface area contributed by atoms with E-state index in [0.717, 1.165) is 5.56 Å². The largest absolute Gasteiger partial charge is 0.507 e. The molecule has 0 saturated carbocycles. The summed E-state index contributed by atoms with van der Waals surface area (Å²) in [6.07, 6.45) is 0.598. The van der Waals surface area contributed by atoms with Crippen molar-refractivity contribution in [2.24, 2.45) is 0 Å². The molecule has 0 aliphatic carbocycles. The summed E-state index contributed by atoms with van der Waals surface area (Å²) in [4.78, 5) is 12.4. The van der Waals surface area contributed by atoms with Gasteiger partial charge in [-0.25, -0.2) is 13.1 Å². The normalized spacial score (nSPS) is 11.2. The number of nitrogens with one attached hydrogen (secondary N) is 2. The van der Waals surface area contributed by atoms with Crippen molar-refractivity contribution in [3.63, 3.8) is 0 Å². The SMILES string of the molecule is O=C(NCc1ccc(S(=O)(=O)NCCc2ccccc2)cc1)c1cc(Cl)ccc1O. The predicted octanol–water partition coefficient (Wildman–Crippen LogP) is 3.50. The molecular weight excluding hydrogens is 424 g/mol. The van der Waals surface area contributed by atoms with Crippen LogP contribution in [0.1, 0.15) is 21.5 Å². The fourth-order valence-corrected chi connectivity index (χ4v) is 4.02. The minimum absolute atomic E-state index is 0.0734. The molecule has 156 valence electrons. The number of phenols is 1. The highest BCUT2D eigenvalue weighted by molar-refractivity contribution is 7.89. The Morgan fingerprint density at radius 1 is 0.933 bits per heavy atom. The average molecular weight is 445 g/mol. The van der Waals surface area contributed by atoms with Crippen molar-refractivity contribution < 1.29 is 18.3 Å². The molecule has 8 heteroatoms. The second-order valence-corrected chi connectivity index (χ2v) is 8.82. The Kier molecular flexibility index (Phi) is 7.10. The summed E-state index contributed by atoms with van der Waals surface area (Å²) >= 11 is 5.86. The fourth-order valence-electron chi connectivity index (χ4n) is 2.81. The second kappa shape index (κ2) is 9.75. The molecule has 0 saturated heterocycles. The number of amides is 1. The Morgan fingerprint density at radius 2 is 1.63 bits per heavy atom. The molecule has 0 atom stereocenters. The monoisotopic (exact) mass is 444 g/mol. The second-order valence-electron chi connectivity index (χ2n) is 6.62. The summed E-state index contributed by atoms with van der Waals surface area (Å²) in [7, 11) is -3.62. The van der Waals surface area contributed by atoms with Crippen molar-refractivity contribution in [3.8, 4) is 5.75 Å². The average Bonchev–Trinajstić information content (AvgIpc) is 2.74. The quantitative estimate of drug-likeness (QED) is 0.495. The highest BCUT2D eigenvalue weighted by Crippen LogP contribution is 2.21. The van der Waals surface area contributed by atoms with E-state index in [1.54, 1.807) is 12.1 Å². The minimum atomic E-state index is -3.62. The van der Waals surface area contributed by atoms with Gasteiger partial charge in [0, 0.05) is 18.1 Å². The van der Waals surface area contributed by atoms with Crippen LogP contribution in [-0.2, 0) is 23.0 Å². The van der Waals surface area contributed by atoms with Gasteiger partial charge in [0.1, 0.15) is 5.75 Å². The van der Waals surface area contributed by atoms with Gasteiger partial charge in [0.25, 0.3) is 5.91 Å². The van der Waals surface area contributed by atoms with Crippen LogP contribution in [0.3, 0.4) is 0 Å². The smallest absolute Gasteiger partial charge is 0.255 e. The van der Waals surface area contributed by atoms with Crippen LogP contribution in [0.25, 0.3) is 0 Å². The predicted molar refractivity (Wildman–Crippen MR) is 116 cm³/mol. The van der Waals surface area contributed by atoms with Crippen molar-refractivity contribution >= 4 is 27.5 Å². The first-order valence-electron chi connectivity index (χ1n) is 9.24. The maximum absolute atomic E-state index is 12.4. The molecule has 0 aliphatic heterocycles. The first-order valence-corrected chi connectivity index (χ1v) is 11.1. The van der Waals surface area contributed by atoms with E-state index in [-0.39, 0.29) is 22.8 Å². The van der Waals surface area contributed by atoms with Gasteiger partial charge < -0.3 is 10.4 Å². The van der Waals surface area contributed by atoms with E-state index >= 15 is 0 Å². The van der Waals surface area contributed by atoms with Gasteiger partial charge in [-0.3, -0.25) is 4.79 Å². The van der Waals surface area contributed by atoms with E-state index in [1.807, 2.05) is 30.3 Å². The van der Waals surface area contributed by atoms with Crippen LogP contribution in [0.5, 0.6) is 5.75 Å². The Bertz CT molecular complexity index is 1120. The first kappa shape index (κ1) is 21.8. The Hall–Kier alpha value is -2.87. The van der Waals surface area contributed by atoms with E-state index in [4.69, 9.17) is 11.6 Å². The topological polar surface area (TPSA) is 95.5 Å². The van der Waals surface area contributed by atoms with Crippen molar-refractivity contribution in [2.75, 3.05) is 6.54 Å². The lowest BCUT2D eigenvalue weighted by Crippen LogP contribution is -2.26. The maximum atomic E-state index is 12.4. The van der Waals surface area contributed by atoms with E-state index in [2.05, 4.69) is 10.0 Å². The molecule has 0 heterocycles. The van der Waals surface area contributed by atoms with Crippen LogP contribution in [0.15, 0.2) is 77.7 Å². The third kappa shape index (κ3) is 5.82. The van der Waals surface area contributed by atoms with Gasteiger partial charge in [-0.1, -0.05) is 54.1 Å². The number of carbonyl (C=O) groups excluding carboxylic acids is 1. The fraction of sp³-hybridized carbons (Fsp3) is 0.136. The maximum Gasteiger partial charge on any atom is 0.255 e. The van der Waals surface area contributed by atoms with Gasteiger partial charge in [-0.2, -0.15) is 0 Å². The van der Waals surface area contributed by atoms with Crippen molar-refractivity contribution in [3.05, 3.63) is 94.5 Å². The lowest BCUT2D eigenvalue weighted by atomic mass is 10.1. The minimum Gasteiger partial charge on any atom is -0.507 e. The van der Waals surface area contributed by atoms with Crippen LogP contribution >= 0.6 is 11.6 Å². The molecular formula is C22H21ClN2O4S. The first-order chi connectivity index (χ1) is 14.3. The summed E-state index contributed by atoms with van der Waals surface area (Å²) in [5.74, 6) is -0.644. The third-order valence-electron chi connectivity index (χ3n) is 4.44. The summed E-state index contributed by atoms with van der Waals surface area (Å²) in [5, 5.41) is 12.8. The molecule has 1 amide bonds. The number of aromatic hydroxyl groups is 1. The Balaban J connectivity index is 1.56. The zero-order valence-electron chi connectivity index (χ0n) is 16.0. The molecule has 3 aromatic rings. The summed E-state index contributed by atoms with van der Waals surface area (Å²) in [6, 6.07) is 20.1. The molecule has 0 spiro atoms. The van der Waals surface area contributed by atoms with Crippen LogP contribution in [-0.4, -0.2) is 26.0 Å². The number of carbonyl (C=O) groups is 1. The number of rotatable bonds is 8. The van der Waals surface area contributed by atoms with Crippen LogP contribution < -0.4 is 10.0 Å². The molecule has 6 nitrogen and oxygen atoms in total. The van der Waals surface area contributed by atoms with Gasteiger partial charge in [-0.15, -0.1) is 0 Å². The number of benzene rings is 3. The van der Waals surface area contributed by atoms with Crippen LogP contribution in [0.4, 0.5) is 0 Å². The number of sulfonamides is 1. The lowest BCUT2D eigenvalue weighted by Gasteiger charge is -2.09. The van der Waals surface area contributed by atoms with E-state index in [0.29, 0.717) is 23.6 Å². The van der Waals surface area contributed by atoms with E-state index in [1.165, 1.54) is 30.3 Å². The number of phenolic OH excluding ortho intramolecular Hbond substituents is 1. The Morgan fingerprint density at radius 3 is 2.33 bits per heavy atom. The highest BCUT2D eigenvalue weighted by atomic mass is 35.5. The molecule has 3 rings (SSSR count). The molecule has 30 heavy (non-hydrogen) atoms. The van der Waals surface area contributed by atoms with Crippen molar-refractivity contribution in [1.82, 2.24) is 10.0 Å². The molecule has 0 bridgehead atoms. The molecule has 3 aromatic carbocycles. The highest BCUT2D eigenvalue weighted by Gasteiger charge is 2.14. The molecule has 0 radical (unpaired) electrons. The number of halogens is 1. The zero-order chi connectivity index (χ0) is 21.6. The molecule has 3 N–H and O–H groups in total. The molecule has 0 unspecified atom stereocenters. The summed E-state index contributed by atoms with van der Waals surface area (Å²) < 4.78 is 27.5. The third-order valence-corrected chi connectivity index (χ3v) is 6.15. The standard InChI is InChI=1S/C22H21ClN2O4S/c23-18-8-11-21(26)20(14-18)22(27)24-15-17-6-9-19(10-7-17)30(28,29)25-13-12-16-4-2-1-3-5-16/h1-11,14,25-26H,12-13,15H2,(H,24,27). The van der Waals surface area contributed by atoms with Gasteiger partial charge >= 0.3 is 0 Å². The number of hydrogen-bond donors (Lipinski definition) is 3. The van der Waals surface area contributed by atoms with Crippen LogP contribution in [0.2, 0.25) is 5.02 Å². The molecule has 0 fully saturated rings. The van der Waals surface area contributed by atoms with Crippen molar-refractivity contribution in [1.29, 1.82) is 0 Å². The Labute approximate surface area is 180 Å². The zero-order valence-corrected chi connectivity index (χ0v) is 17.6. The molecule has 0 aliphatic rings. The van der Waals surface area contributed by atoms with Gasteiger partial charge in [0.05, 0.1) is 10.5 Å². The van der Waals surface area contributed by atoms with Gasteiger partial charge in [-0.05, 0) is 47.9 Å². The summed E-state index contributed by atoms with van der Waals surface area (Å²) in [5.41, 5.74) is 1.84. The van der Waals surface area contributed by atoms with Gasteiger partial charge in [0.2, 0.25) is 10.0 Å². The lowest BCUT2D eigenvalue weighted by molar-refractivity contribution is 0.0948. The van der Waals surface area contributed by atoms with E-state index < -0.39 is 15.9 Å². The van der Waals surface area contributed by atoms with E-state index in [9.17, 15) is 18.3 Å². The van der Waals surface area contributed by atoms with Crippen LogP contribution in [0, 0.1) is 0 Å². The number of hydrogen-bond acceptors (Lipinski definition) is 4. The van der Waals surface area contributed by atoms with Crippen molar-refractivity contribution in [2.45, 2.75) is 17.9 Å². The van der Waals surface area contributed by atoms with Gasteiger partial charge in [0.15, 0.2) is 0 Å². The molecule has 0 aromatic heterocycles.